The second-order valence-electron chi connectivity index (χ2n) is 5.97. The Labute approximate surface area is 163 Å². The second kappa shape index (κ2) is 7.13. The first-order chi connectivity index (χ1) is 13.0. The van der Waals surface area contributed by atoms with Gasteiger partial charge in [0.25, 0.3) is 0 Å². The molecule has 0 aliphatic heterocycles. The molecule has 1 unspecified atom stereocenters. The molecule has 8 heteroatoms. The standard InChI is InChI=1S/C19H16N4O2S2/c1-11(17(25)22-18-20-14-8-4-6-10-16(14)27-18)26-19-21-13-7-3-5-9-15(13)23(19)12(2)24/h3-11H,1-2H3,(H,20,22,25). The monoisotopic (exact) mass is 396 g/mol. The fourth-order valence-corrected chi connectivity index (χ4v) is 4.57. The Morgan fingerprint density at radius 3 is 2.52 bits per heavy atom. The molecule has 0 saturated heterocycles. The molecular formula is C19H16N4O2S2. The van der Waals surface area contributed by atoms with Crippen LogP contribution in [0.1, 0.15) is 18.6 Å². The Hall–Kier alpha value is -2.71. The summed E-state index contributed by atoms with van der Waals surface area (Å²) in [5, 5.41) is 3.49. The van der Waals surface area contributed by atoms with Gasteiger partial charge < -0.3 is 5.32 Å². The van der Waals surface area contributed by atoms with Crippen LogP contribution in [-0.4, -0.2) is 31.6 Å². The maximum absolute atomic E-state index is 12.6. The van der Waals surface area contributed by atoms with Crippen LogP contribution in [0.5, 0.6) is 0 Å². The lowest BCUT2D eigenvalue weighted by molar-refractivity contribution is -0.115. The third kappa shape index (κ3) is 3.45. The molecule has 1 atom stereocenters. The molecule has 0 saturated carbocycles. The molecule has 2 aromatic heterocycles. The normalized spacial score (nSPS) is 12.4. The Morgan fingerprint density at radius 1 is 1.07 bits per heavy atom. The number of rotatable bonds is 4. The number of benzene rings is 2. The number of hydrogen-bond acceptors (Lipinski definition) is 6. The predicted octanol–water partition coefficient (Wildman–Crippen LogP) is 4.43. The molecule has 4 aromatic rings. The number of imidazole rings is 1. The maximum Gasteiger partial charge on any atom is 0.239 e. The Bertz CT molecular complexity index is 1130. The van der Waals surface area contributed by atoms with Gasteiger partial charge in [-0.15, -0.1) is 0 Å². The zero-order chi connectivity index (χ0) is 19.0. The summed E-state index contributed by atoms with van der Waals surface area (Å²) in [6.07, 6.45) is 0. The van der Waals surface area contributed by atoms with Gasteiger partial charge in [0.1, 0.15) is 0 Å². The van der Waals surface area contributed by atoms with Gasteiger partial charge in [-0.3, -0.25) is 14.2 Å². The molecule has 0 fully saturated rings. The Kier molecular flexibility index (Phi) is 4.67. The van der Waals surface area contributed by atoms with E-state index in [0.29, 0.717) is 10.3 Å². The highest BCUT2D eigenvalue weighted by Crippen LogP contribution is 2.29. The van der Waals surface area contributed by atoms with Crippen molar-refractivity contribution in [2.75, 3.05) is 5.32 Å². The summed E-state index contributed by atoms with van der Waals surface area (Å²) in [6.45, 7) is 3.28. The van der Waals surface area contributed by atoms with Crippen LogP contribution in [0.25, 0.3) is 21.3 Å². The third-order valence-electron chi connectivity index (χ3n) is 4.02. The molecule has 0 bridgehead atoms. The first-order valence-electron chi connectivity index (χ1n) is 8.34. The quantitative estimate of drug-likeness (QED) is 0.517. The molecule has 0 radical (unpaired) electrons. The van der Waals surface area contributed by atoms with Gasteiger partial charge in [-0.2, -0.15) is 0 Å². The molecule has 2 aromatic carbocycles. The number of aromatic nitrogens is 3. The molecule has 6 nitrogen and oxygen atoms in total. The lowest BCUT2D eigenvalue weighted by Crippen LogP contribution is -2.23. The van der Waals surface area contributed by atoms with Gasteiger partial charge >= 0.3 is 0 Å². The number of hydrogen-bond donors (Lipinski definition) is 1. The van der Waals surface area contributed by atoms with Gasteiger partial charge in [0, 0.05) is 6.92 Å². The van der Waals surface area contributed by atoms with Gasteiger partial charge in [-0.25, -0.2) is 9.97 Å². The van der Waals surface area contributed by atoms with E-state index in [-0.39, 0.29) is 11.8 Å². The molecule has 0 aliphatic rings. The Morgan fingerprint density at radius 2 is 1.78 bits per heavy atom. The van der Waals surface area contributed by atoms with Crippen molar-refractivity contribution < 1.29 is 9.59 Å². The maximum atomic E-state index is 12.6. The highest BCUT2D eigenvalue weighted by molar-refractivity contribution is 8.00. The summed E-state index contributed by atoms with van der Waals surface area (Å²) in [5.74, 6) is -0.314. The zero-order valence-electron chi connectivity index (χ0n) is 14.7. The largest absolute Gasteiger partial charge is 0.301 e. The summed E-state index contributed by atoms with van der Waals surface area (Å²) < 4.78 is 2.56. The van der Waals surface area contributed by atoms with E-state index in [4.69, 9.17) is 0 Å². The molecule has 136 valence electrons. The number of thiazole rings is 1. The average molecular weight is 396 g/mol. The summed E-state index contributed by atoms with van der Waals surface area (Å²) in [5.41, 5.74) is 2.33. The van der Waals surface area contributed by atoms with E-state index in [2.05, 4.69) is 15.3 Å². The molecule has 27 heavy (non-hydrogen) atoms. The summed E-state index contributed by atoms with van der Waals surface area (Å²) in [7, 11) is 0. The number of para-hydroxylation sites is 3. The number of anilines is 1. The number of nitrogens with one attached hydrogen (secondary N) is 1. The van der Waals surface area contributed by atoms with E-state index in [1.807, 2.05) is 48.5 Å². The predicted molar refractivity (Wildman–Crippen MR) is 110 cm³/mol. The minimum Gasteiger partial charge on any atom is -0.301 e. The first-order valence-corrected chi connectivity index (χ1v) is 10.0. The van der Waals surface area contributed by atoms with Crippen LogP contribution in [-0.2, 0) is 4.79 Å². The minimum absolute atomic E-state index is 0.134. The molecule has 1 amide bonds. The summed E-state index contributed by atoms with van der Waals surface area (Å²) >= 11 is 2.69. The van der Waals surface area contributed by atoms with Crippen LogP contribution >= 0.6 is 23.1 Å². The molecular weight excluding hydrogens is 380 g/mol. The summed E-state index contributed by atoms with van der Waals surface area (Å²) in [4.78, 5) is 33.6. The molecule has 4 rings (SSSR count). The smallest absolute Gasteiger partial charge is 0.239 e. The summed E-state index contributed by atoms with van der Waals surface area (Å²) in [6, 6.07) is 15.2. The van der Waals surface area contributed by atoms with Crippen molar-refractivity contribution in [3.8, 4) is 0 Å². The van der Waals surface area contributed by atoms with Gasteiger partial charge in [0.05, 0.1) is 26.5 Å². The van der Waals surface area contributed by atoms with Gasteiger partial charge in [0.15, 0.2) is 10.3 Å². The Balaban J connectivity index is 1.55. The SMILES string of the molecule is CC(=O)n1c(SC(C)C(=O)Nc2nc3ccccc3s2)nc2ccccc21. The van der Waals surface area contributed by atoms with E-state index in [9.17, 15) is 9.59 Å². The molecule has 2 heterocycles. The van der Waals surface area contributed by atoms with Crippen LogP contribution in [0, 0.1) is 0 Å². The fourth-order valence-electron chi connectivity index (χ4n) is 2.73. The number of carbonyl (C=O) groups excluding carboxylic acids is 2. The first kappa shape index (κ1) is 17.7. The van der Waals surface area contributed by atoms with Crippen molar-refractivity contribution in [2.24, 2.45) is 0 Å². The number of nitrogens with zero attached hydrogens (tertiary/aromatic N) is 3. The molecule has 0 spiro atoms. The molecule has 1 N–H and O–H groups in total. The van der Waals surface area contributed by atoms with Gasteiger partial charge in [-0.05, 0) is 31.2 Å². The van der Waals surface area contributed by atoms with E-state index in [0.717, 1.165) is 21.3 Å². The van der Waals surface area contributed by atoms with Crippen LogP contribution in [0.4, 0.5) is 5.13 Å². The fraction of sp³-hybridized carbons (Fsp3) is 0.158. The van der Waals surface area contributed by atoms with Gasteiger partial charge in [-0.1, -0.05) is 47.4 Å². The van der Waals surface area contributed by atoms with Crippen molar-refractivity contribution in [2.45, 2.75) is 24.3 Å². The van der Waals surface area contributed by atoms with Crippen molar-refractivity contribution in [3.63, 3.8) is 0 Å². The van der Waals surface area contributed by atoms with Crippen LogP contribution in [0.2, 0.25) is 0 Å². The van der Waals surface area contributed by atoms with E-state index >= 15 is 0 Å². The number of fused-ring (bicyclic) bond motifs is 2. The highest BCUT2D eigenvalue weighted by Gasteiger charge is 2.21. The van der Waals surface area contributed by atoms with Crippen molar-refractivity contribution in [3.05, 3.63) is 48.5 Å². The van der Waals surface area contributed by atoms with Crippen molar-refractivity contribution >= 4 is 61.3 Å². The van der Waals surface area contributed by atoms with Crippen molar-refractivity contribution in [1.29, 1.82) is 0 Å². The lowest BCUT2D eigenvalue weighted by Gasteiger charge is -2.10. The number of amides is 1. The minimum atomic E-state index is -0.438. The van der Waals surface area contributed by atoms with Crippen LogP contribution < -0.4 is 5.32 Å². The number of thioether (sulfide) groups is 1. The van der Waals surface area contributed by atoms with Crippen molar-refractivity contribution in [1.82, 2.24) is 14.5 Å². The second-order valence-corrected chi connectivity index (χ2v) is 8.31. The highest BCUT2D eigenvalue weighted by atomic mass is 32.2. The van der Waals surface area contributed by atoms with E-state index in [1.54, 1.807) is 11.5 Å². The topological polar surface area (TPSA) is 76.9 Å². The number of carbonyl (C=O) groups is 2. The van der Waals surface area contributed by atoms with E-state index in [1.165, 1.54) is 30.0 Å². The lowest BCUT2D eigenvalue weighted by atomic mass is 10.3. The third-order valence-corrected chi connectivity index (χ3v) is 6.02. The van der Waals surface area contributed by atoms with E-state index < -0.39 is 5.25 Å². The van der Waals surface area contributed by atoms with Gasteiger partial charge in [0.2, 0.25) is 11.8 Å². The average Bonchev–Trinajstić information content (AvgIpc) is 3.21. The van der Waals surface area contributed by atoms with Crippen LogP contribution in [0.3, 0.4) is 0 Å². The zero-order valence-corrected chi connectivity index (χ0v) is 16.3. The molecule has 0 aliphatic carbocycles. The van der Waals surface area contributed by atoms with Crippen LogP contribution in [0.15, 0.2) is 53.7 Å².